The fourth-order valence-electron chi connectivity index (χ4n) is 2.29. The lowest BCUT2D eigenvalue weighted by Gasteiger charge is -2.18. The molecule has 1 aromatic carbocycles. The molecule has 0 aliphatic heterocycles. The lowest BCUT2D eigenvalue weighted by atomic mass is 10.2. The Bertz CT molecular complexity index is 559. The smallest absolute Gasteiger partial charge is 0.234 e. The van der Waals surface area contributed by atoms with E-state index in [0.29, 0.717) is 13.1 Å². The number of amides is 1. The van der Waals surface area contributed by atoms with E-state index in [0.717, 1.165) is 23.4 Å². The van der Waals surface area contributed by atoms with Crippen molar-refractivity contribution in [3.8, 4) is 0 Å². The molecule has 1 amide bonds. The van der Waals surface area contributed by atoms with Gasteiger partial charge in [-0.05, 0) is 32.0 Å². The molecule has 0 atom stereocenters. The highest BCUT2D eigenvalue weighted by Crippen LogP contribution is 2.22. The van der Waals surface area contributed by atoms with Crippen LogP contribution in [0.4, 0.5) is 0 Å². The summed E-state index contributed by atoms with van der Waals surface area (Å²) in [6.07, 6.45) is 1.95. The van der Waals surface area contributed by atoms with E-state index >= 15 is 0 Å². The van der Waals surface area contributed by atoms with Crippen molar-refractivity contribution in [2.45, 2.75) is 39.3 Å². The molecule has 4 nitrogen and oxygen atoms in total. The van der Waals surface area contributed by atoms with Gasteiger partial charge in [0.1, 0.15) is 5.01 Å². The Morgan fingerprint density at radius 2 is 2.05 bits per heavy atom. The SMILES string of the molecule is CCC(CC)NC(=O)CN(C)Cc1nc2ccccc2s1. The average Bonchev–Trinajstić information content (AvgIpc) is 2.86. The predicted molar refractivity (Wildman–Crippen MR) is 88.5 cm³/mol. The number of aromatic nitrogens is 1. The van der Waals surface area contributed by atoms with Gasteiger partial charge >= 0.3 is 0 Å². The van der Waals surface area contributed by atoms with Crippen LogP contribution < -0.4 is 5.32 Å². The molecule has 1 heterocycles. The molecule has 0 aliphatic rings. The Balaban J connectivity index is 1.89. The number of para-hydroxylation sites is 1. The molecule has 2 aromatic rings. The van der Waals surface area contributed by atoms with E-state index < -0.39 is 0 Å². The van der Waals surface area contributed by atoms with Crippen molar-refractivity contribution in [1.29, 1.82) is 0 Å². The number of carbonyl (C=O) groups is 1. The second kappa shape index (κ2) is 7.52. The minimum Gasteiger partial charge on any atom is -0.352 e. The zero-order valence-electron chi connectivity index (χ0n) is 12.9. The van der Waals surface area contributed by atoms with Crippen molar-refractivity contribution in [3.05, 3.63) is 29.3 Å². The van der Waals surface area contributed by atoms with Crippen LogP contribution in [0.15, 0.2) is 24.3 Å². The summed E-state index contributed by atoms with van der Waals surface area (Å²) in [6.45, 7) is 5.31. The van der Waals surface area contributed by atoms with E-state index in [-0.39, 0.29) is 11.9 Å². The number of fused-ring (bicyclic) bond motifs is 1. The van der Waals surface area contributed by atoms with Crippen LogP contribution in [0.2, 0.25) is 0 Å². The van der Waals surface area contributed by atoms with Crippen LogP contribution in [0.25, 0.3) is 10.2 Å². The summed E-state index contributed by atoms with van der Waals surface area (Å²) in [5.74, 6) is 0.0901. The Hall–Kier alpha value is -1.46. The van der Waals surface area contributed by atoms with E-state index in [1.165, 1.54) is 4.70 Å². The molecule has 0 saturated carbocycles. The molecule has 0 radical (unpaired) electrons. The molecule has 0 bridgehead atoms. The summed E-state index contributed by atoms with van der Waals surface area (Å²) in [5, 5.41) is 4.11. The van der Waals surface area contributed by atoms with Crippen LogP contribution >= 0.6 is 11.3 Å². The molecular formula is C16H23N3OS. The molecular weight excluding hydrogens is 282 g/mol. The minimum atomic E-state index is 0.0901. The van der Waals surface area contributed by atoms with Gasteiger partial charge < -0.3 is 5.32 Å². The summed E-state index contributed by atoms with van der Waals surface area (Å²) in [5.41, 5.74) is 1.03. The molecule has 0 saturated heterocycles. The molecule has 5 heteroatoms. The first-order chi connectivity index (χ1) is 10.1. The molecule has 2 rings (SSSR count). The van der Waals surface area contributed by atoms with Gasteiger partial charge in [0.05, 0.1) is 23.3 Å². The van der Waals surface area contributed by atoms with Gasteiger partial charge in [0, 0.05) is 6.04 Å². The number of nitrogens with zero attached hydrogens (tertiary/aromatic N) is 2. The highest BCUT2D eigenvalue weighted by atomic mass is 32.1. The van der Waals surface area contributed by atoms with Crippen molar-refractivity contribution in [1.82, 2.24) is 15.2 Å². The first-order valence-corrected chi connectivity index (χ1v) is 8.26. The zero-order valence-corrected chi connectivity index (χ0v) is 13.7. The summed E-state index contributed by atoms with van der Waals surface area (Å²) in [7, 11) is 1.96. The van der Waals surface area contributed by atoms with Crippen LogP contribution in [-0.4, -0.2) is 35.4 Å². The number of nitrogens with one attached hydrogen (secondary N) is 1. The van der Waals surface area contributed by atoms with Gasteiger partial charge in [-0.15, -0.1) is 11.3 Å². The third-order valence-corrected chi connectivity index (χ3v) is 4.53. The van der Waals surface area contributed by atoms with Gasteiger partial charge in [-0.25, -0.2) is 4.98 Å². The summed E-state index contributed by atoms with van der Waals surface area (Å²) < 4.78 is 1.20. The van der Waals surface area contributed by atoms with E-state index in [1.807, 2.05) is 30.1 Å². The molecule has 0 fully saturated rings. The molecule has 1 N–H and O–H groups in total. The zero-order chi connectivity index (χ0) is 15.2. The van der Waals surface area contributed by atoms with Crippen molar-refractivity contribution in [3.63, 3.8) is 0 Å². The molecule has 0 unspecified atom stereocenters. The molecule has 0 aliphatic carbocycles. The Labute approximate surface area is 130 Å². The maximum Gasteiger partial charge on any atom is 0.234 e. The monoisotopic (exact) mass is 305 g/mol. The molecule has 0 spiro atoms. The number of rotatable bonds is 7. The fraction of sp³-hybridized carbons (Fsp3) is 0.500. The van der Waals surface area contributed by atoms with Gasteiger partial charge in [0.2, 0.25) is 5.91 Å². The van der Waals surface area contributed by atoms with E-state index in [2.05, 4.69) is 30.2 Å². The van der Waals surface area contributed by atoms with Gasteiger partial charge in [-0.3, -0.25) is 9.69 Å². The topological polar surface area (TPSA) is 45.2 Å². The third-order valence-electron chi connectivity index (χ3n) is 3.51. The summed E-state index contributed by atoms with van der Waals surface area (Å²) in [6, 6.07) is 8.41. The Morgan fingerprint density at radius 1 is 1.33 bits per heavy atom. The second-order valence-electron chi connectivity index (χ2n) is 5.33. The number of carbonyl (C=O) groups excluding carboxylic acids is 1. The average molecular weight is 305 g/mol. The van der Waals surface area contributed by atoms with Crippen LogP contribution in [0.3, 0.4) is 0 Å². The minimum absolute atomic E-state index is 0.0901. The van der Waals surface area contributed by atoms with Crippen molar-refractivity contribution < 1.29 is 4.79 Å². The van der Waals surface area contributed by atoms with Crippen LogP contribution in [-0.2, 0) is 11.3 Å². The summed E-state index contributed by atoms with van der Waals surface area (Å²) >= 11 is 1.69. The fourth-order valence-corrected chi connectivity index (χ4v) is 3.33. The van der Waals surface area contributed by atoms with Gasteiger partial charge in [-0.2, -0.15) is 0 Å². The maximum absolute atomic E-state index is 12.0. The Morgan fingerprint density at radius 3 is 2.71 bits per heavy atom. The first-order valence-electron chi connectivity index (χ1n) is 7.44. The van der Waals surface area contributed by atoms with Gasteiger partial charge in [0.15, 0.2) is 0 Å². The van der Waals surface area contributed by atoms with Crippen molar-refractivity contribution in [2.75, 3.05) is 13.6 Å². The molecule has 21 heavy (non-hydrogen) atoms. The molecule has 1 aromatic heterocycles. The third kappa shape index (κ3) is 4.51. The molecule has 114 valence electrons. The predicted octanol–water partition coefficient (Wildman–Crippen LogP) is 3.03. The van der Waals surface area contributed by atoms with Crippen LogP contribution in [0, 0.1) is 0 Å². The van der Waals surface area contributed by atoms with Gasteiger partial charge in [0.25, 0.3) is 0 Å². The lowest BCUT2D eigenvalue weighted by molar-refractivity contribution is -0.122. The quantitative estimate of drug-likeness (QED) is 0.855. The number of hydrogen-bond acceptors (Lipinski definition) is 4. The van der Waals surface area contributed by atoms with Crippen molar-refractivity contribution in [2.24, 2.45) is 0 Å². The number of hydrogen-bond donors (Lipinski definition) is 1. The second-order valence-corrected chi connectivity index (χ2v) is 6.44. The normalized spacial score (nSPS) is 11.5. The lowest BCUT2D eigenvalue weighted by Crippen LogP contribution is -2.40. The number of likely N-dealkylation sites (N-methyl/N-ethyl adjacent to an activating group) is 1. The largest absolute Gasteiger partial charge is 0.352 e. The number of thiazole rings is 1. The van der Waals surface area contributed by atoms with Gasteiger partial charge in [-0.1, -0.05) is 26.0 Å². The van der Waals surface area contributed by atoms with Crippen LogP contribution in [0.1, 0.15) is 31.7 Å². The van der Waals surface area contributed by atoms with E-state index in [1.54, 1.807) is 11.3 Å². The highest BCUT2D eigenvalue weighted by Gasteiger charge is 2.12. The highest BCUT2D eigenvalue weighted by molar-refractivity contribution is 7.18. The van der Waals surface area contributed by atoms with E-state index in [9.17, 15) is 4.79 Å². The first kappa shape index (κ1) is 15.9. The standard InChI is InChI=1S/C16H23N3OS/c1-4-12(5-2)17-15(20)10-19(3)11-16-18-13-8-6-7-9-14(13)21-16/h6-9,12H,4-5,10-11H2,1-3H3,(H,17,20). The Kier molecular flexibility index (Phi) is 5.70. The maximum atomic E-state index is 12.0. The van der Waals surface area contributed by atoms with Crippen LogP contribution in [0.5, 0.6) is 0 Å². The number of benzene rings is 1. The summed E-state index contributed by atoms with van der Waals surface area (Å²) in [4.78, 5) is 18.6. The van der Waals surface area contributed by atoms with E-state index in [4.69, 9.17) is 0 Å². The van der Waals surface area contributed by atoms with Crippen molar-refractivity contribution >= 4 is 27.5 Å².